The first-order valence-corrected chi connectivity index (χ1v) is 6.72. The van der Waals surface area contributed by atoms with Gasteiger partial charge in [0.05, 0.1) is 5.92 Å². The molecule has 20 heavy (non-hydrogen) atoms. The van der Waals surface area contributed by atoms with Crippen molar-refractivity contribution in [3.05, 3.63) is 52.7 Å². The fourth-order valence-corrected chi connectivity index (χ4v) is 2.90. The Bertz CT molecular complexity index is 814. The predicted octanol–water partition coefficient (Wildman–Crippen LogP) is 2.61. The second-order valence-electron chi connectivity index (χ2n) is 4.78. The van der Waals surface area contributed by atoms with Crippen LogP contribution in [0.1, 0.15) is 23.1 Å². The van der Waals surface area contributed by atoms with E-state index in [2.05, 4.69) is 21.2 Å². The van der Waals surface area contributed by atoms with Gasteiger partial charge < -0.3 is 4.74 Å². The Morgan fingerprint density at radius 1 is 1.30 bits per heavy atom. The number of aryl methyl sites for hydroxylation is 1. The maximum atomic E-state index is 5.96. The summed E-state index contributed by atoms with van der Waals surface area (Å²) in [5, 5.41) is 8.93. The number of fused-ring (bicyclic) bond motifs is 2. The summed E-state index contributed by atoms with van der Waals surface area (Å²) in [7, 11) is 0. The van der Waals surface area contributed by atoms with Crippen LogP contribution in [0.3, 0.4) is 0 Å². The van der Waals surface area contributed by atoms with Gasteiger partial charge in [-0.1, -0.05) is 29.8 Å². The molecule has 0 saturated carbocycles. The molecule has 0 bridgehead atoms. The van der Waals surface area contributed by atoms with Gasteiger partial charge in [-0.3, -0.25) is 4.40 Å². The molecule has 1 atom stereocenters. The lowest BCUT2D eigenvalue weighted by molar-refractivity contribution is 0.339. The van der Waals surface area contributed by atoms with Crippen molar-refractivity contribution in [2.24, 2.45) is 0 Å². The van der Waals surface area contributed by atoms with Gasteiger partial charge in [-0.25, -0.2) is 4.98 Å². The van der Waals surface area contributed by atoms with Crippen LogP contribution in [-0.4, -0.2) is 26.2 Å². The zero-order valence-electron chi connectivity index (χ0n) is 10.7. The molecule has 0 spiro atoms. The summed E-state index contributed by atoms with van der Waals surface area (Å²) in [6, 6.07) is 9.72. The fourth-order valence-electron chi connectivity index (χ4n) is 2.68. The normalized spacial score (nSPS) is 17.2. The lowest BCUT2D eigenvalue weighted by Gasteiger charge is -2.08. The second kappa shape index (κ2) is 4.18. The average molecular weight is 287 g/mol. The van der Waals surface area contributed by atoms with Gasteiger partial charge in [-0.15, -0.1) is 10.2 Å². The molecule has 0 fully saturated rings. The first kappa shape index (κ1) is 11.7. The summed E-state index contributed by atoms with van der Waals surface area (Å²) in [4.78, 5) is 4.27. The zero-order valence-corrected chi connectivity index (χ0v) is 11.5. The molecule has 5 nitrogen and oxygen atoms in total. The van der Waals surface area contributed by atoms with Gasteiger partial charge in [-0.05, 0) is 13.0 Å². The van der Waals surface area contributed by atoms with Crippen LogP contribution in [0.15, 0.2) is 30.3 Å². The number of halogens is 1. The molecule has 1 aliphatic rings. The van der Waals surface area contributed by atoms with Crippen molar-refractivity contribution in [1.82, 2.24) is 19.6 Å². The Hall–Kier alpha value is -2.14. The Morgan fingerprint density at radius 2 is 2.15 bits per heavy atom. The third-order valence-corrected chi connectivity index (χ3v) is 3.76. The highest BCUT2D eigenvalue weighted by Gasteiger charge is 2.29. The van der Waals surface area contributed by atoms with E-state index >= 15 is 0 Å². The van der Waals surface area contributed by atoms with E-state index in [1.165, 1.54) is 0 Å². The highest BCUT2D eigenvalue weighted by Crippen LogP contribution is 2.37. The van der Waals surface area contributed by atoms with E-state index in [0.29, 0.717) is 17.4 Å². The highest BCUT2D eigenvalue weighted by molar-refractivity contribution is 6.29. The van der Waals surface area contributed by atoms with Crippen LogP contribution in [0.4, 0.5) is 0 Å². The Balaban J connectivity index is 1.92. The molecule has 1 aliphatic heterocycles. The Morgan fingerprint density at radius 3 is 3.05 bits per heavy atom. The van der Waals surface area contributed by atoms with Crippen molar-refractivity contribution in [1.29, 1.82) is 0 Å². The first-order chi connectivity index (χ1) is 9.74. The number of hydrogen-bond acceptors (Lipinski definition) is 4. The monoisotopic (exact) mass is 286 g/mol. The molecule has 2 aromatic heterocycles. The van der Waals surface area contributed by atoms with Gasteiger partial charge in [-0.2, -0.15) is 0 Å². The average Bonchev–Trinajstić information content (AvgIpc) is 3.01. The molecule has 0 saturated heterocycles. The van der Waals surface area contributed by atoms with Gasteiger partial charge in [0.2, 0.25) is 0 Å². The molecule has 0 aliphatic carbocycles. The van der Waals surface area contributed by atoms with E-state index in [9.17, 15) is 0 Å². The SMILES string of the molecule is Cc1nc(Cl)cc2nnc(C3COc4ccccc43)n12. The minimum Gasteiger partial charge on any atom is -0.492 e. The summed E-state index contributed by atoms with van der Waals surface area (Å²) in [5.41, 5.74) is 1.85. The molecule has 0 radical (unpaired) electrons. The third-order valence-electron chi connectivity index (χ3n) is 3.57. The number of benzene rings is 1. The number of ether oxygens (including phenoxy) is 1. The molecule has 100 valence electrons. The summed E-state index contributed by atoms with van der Waals surface area (Å²) in [5.74, 6) is 2.60. The smallest absolute Gasteiger partial charge is 0.165 e. The van der Waals surface area contributed by atoms with Crippen LogP contribution < -0.4 is 4.74 Å². The molecular formula is C14H11ClN4O. The molecule has 6 heteroatoms. The van der Waals surface area contributed by atoms with Crippen LogP contribution in [0, 0.1) is 6.92 Å². The quantitative estimate of drug-likeness (QED) is 0.645. The van der Waals surface area contributed by atoms with E-state index in [1.807, 2.05) is 29.5 Å². The molecule has 0 N–H and O–H groups in total. The van der Waals surface area contributed by atoms with Crippen LogP contribution in [0.25, 0.3) is 5.65 Å². The second-order valence-corrected chi connectivity index (χ2v) is 5.17. The molecule has 4 rings (SSSR count). The lowest BCUT2D eigenvalue weighted by atomic mass is 10.0. The molecule has 1 aromatic carbocycles. The van der Waals surface area contributed by atoms with Crippen molar-refractivity contribution < 1.29 is 4.74 Å². The Labute approximate surface area is 120 Å². The number of hydrogen-bond donors (Lipinski definition) is 0. The third kappa shape index (κ3) is 1.59. The Kier molecular flexibility index (Phi) is 2.44. The minimum absolute atomic E-state index is 0.0721. The molecule has 3 heterocycles. The number of rotatable bonds is 1. The molecular weight excluding hydrogens is 276 g/mol. The maximum absolute atomic E-state index is 5.96. The molecule has 1 unspecified atom stereocenters. The largest absolute Gasteiger partial charge is 0.492 e. The van der Waals surface area contributed by atoms with Crippen LogP contribution in [0.5, 0.6) is 5.75 Å². The van der Waals surface area contributed by atoms with Crippen molar-refractivity contribution in [3.8, 4) is 5.75 Å². The maximum Gasteiger partial charge on any atom is 0.165 e. The van der Waals surface area contributed by atoms with Crippen molar-refractivity contribution in [3.63, 3.8) is 0 Å². The first-order valence-electron chi connectivity index (χ1n) is 6.34. The van der Waals surface area contributed by atoms with Gasteiger partial charge in [0, 0.05) is 11.6 Å². The van der Waals surface area contributed by atoms with E-state index in [0.717, 1.165) is 23.0 Å². The number of nitrogens with zero attached hydrogens (tertiary/aromatic N) is 4. The number of aromatic nitrogens is 4. The van der Waals surface area contributed by atoms with E-state index in [1.54, 1.807) is 6.07 Å². The summed E-state index contributed by atoms with van der Waals surface area (Å²) in [6.07, 6.45) is 0. The van der Waals surface area contributed by atoms with Crippen LogP contribution in [0.2, 0.25) is 5.15 Å². The van der Waals surface area contributed by atoms with Crippen LogP contribution >= 0.6 is 11.6 Å². The topological polar surface area (TPSA) is 52.3 Å². The lowest BCUT2D eigenvalue weighted by Crippen LogP contribution is -2.09. The fraction of sp³-hybridized carbons (Fsp3) is 0.214. The summed E-state index contributed by atoms with van der Waals surface area (Å²) < 4.78 is 7.65. The van der Waals surface area contributed by atoms with Crippen molar-refractivity contribution >= 4 is 17.2 Å². The summed E-state index contributed by atoms with van der Waals surface area (Å²) in [6.45, 7) is 2.47. The van der Waals surface area contributed by atoms with E-state index in [-0.39, 0.29) is 5.92 Å². The highest BCUT2D eigenvalue weighted by atomic mass is 35.5. The van der Waals surface area contributed by atoms with Gasteiger partial charge in [0.25, 0.3) is 0 Å². The minimum atomic E-state index is 0.0721. The summed E-state index contributed by atoms with van der Waals surface area (Å²) >= 11 is 5.96. The van der Waals surface area contributed by atoms with Gasteiger partial charge in [0.15, 0.2) is 5.65 Å². The van der Waals surface area contributed by atoms with E-state index in [4.69, 9.17) is 16.3 Å². The van der Waals surface area contributed by atoms with Gasteiger partial charge >= 0.3 is 0 Å². The predicted molar refractivity (Wildman–Crippen MR) is 74.3 cm³/mol. The van der Waals surface area contributed by atoms with Crippen LogP contribution in [-0.2, 0) is 0 Å². The van der Waals surface area contributed by atoms with Crippen molar-refractivity contribution in [2.75, 3.05) is 6.61 Å². The van der Waals surface area contributed by atoms with E-state index < -0.39 is 0 Å². The standard InChI is InChI=1S/C14H11ClN4O/c1-8-16-12(15)6-13-17-18-14(19(8)13)10-7-20-11-5-3-2-4-9(10)11/h2-6,10H,7H2,1H3. The number of para-hydroxylation sites is 1. The van der Waals surface area contributed by atoms with Crippen molar-refractivity contribution in [2.45, 2.75) is 12.8 Å². The van der Waals surface area contributed by atoms with Gasteiger partial charge in [0.1, 0.15) is 29.2 Å². The molecule has 0 amide bonds. The zero-order chi connectivity index (χ0) is 13.7. The molecule has 3 aromatic rings.